The lowest BCUT2D eigenvalue weighted by Gasteiger charge is -2.26. The molecule has 10 heteroatoms. The number of hydrogen-bond acceptors (Lipinski definition) is 7. The smallest absolute Gasteiger partial charge is 0.244 e. The molecule has 0 saturated carbocycles. The summed E-state index contributed by atoms with van der Waals surface area (Å²) in [5.41, 5.74) is 2.68. The van der Waals surface area contributed by atoms with E-state index in [0.29, 0.717) is 24.3 Å². The molecule has 170 valence electrons. The molecule has 3 aromatic heterocycles. The molecule has 0 amide bonds. The minimum absolute atomic E-state index is 0.103. The third kappa shape index (κ3) is 3.83. The zero-order chi connectivity index (χ0) is 23.0. The first-order valence-corrected chi connectivity index (χ1v) is 12.6. The maximum Gasteiger partial charge on any atom is 0.244 e. The van der Waals surface area contributed by atoms with Gasteiger partial charge in [-0.05, 0) is 18.1 Å². The minimum atomic E-state index is -3.64. The van der Waals surface area contributed by atoms with Gasteiger partial charge >= 0.3 is 0 Å². The number of pyridine rings is 1. The van der Waals surface area contributed by atoms with E-state index in [1.54, 1.807) is 36.9 Å². The molecule has 1 unspecified atom stereocenters. The van der Waals surface area contributed by atoms with Crippen LogP contribution in [0.1, 0.15) is 25.3 Å². The van der Waals surface area contributed by atoms with Crippen LogP contribution in [0.5, 0.6) is 0 Å². The minimum Gasteiger partial charge on any atom is -0.293 e. The molecule has 0 radical (unpaired) electrons. The Kier molecular flexibility index (Phi) is 5.52. The number of imidazole rings is 1. The summed E-state index contributed by atoms with van der Waals surface area (Å²) in [6.45, 7) is 4.43. The van der Waals surface area contributed by atoms with E-state index in [1.165, 1.54) is 3.97 Å². The highest BCUT2D eigenvalue weighted by Crippen LogP contribution is 2.28. The molecule has 4 heterocycles. The van der Waals surface area contributed by atoms with Crippen LogP contribution >= 0.6 is 0 Å². The molecule has 5 rings (SSSR count). The van der Waals surface area contributed by atoms with Crippen LogP contribution < -0.4 is 5.01 Å². The molecule has 1 aliphatic rings. The Labute approximate surface area is 192 Å². The fourth-order valence-electron chi connectivity index (χ4n) is 4.55. The summed E-state index contributed by atoms with van der Waals surface area (Å²) in [7, 11) is -3.64. The normalized spacial score (nSPS) is 17.2. The third-order valence-electron chi connectivity index (χ3n) is 6.18. The van der Waals surface area contributed by atoms with E-state index in [0.717, 1.165) is 36.0 Å². The van der Waals surface area contributed by atoms with E-state index in [2.05, 4.69) is 32.9 Å². The average Bonchev–Trinajstić information content (AvgIpc) is 3.53. The van der Waals surface area contributed by atoms with Gasteiger partial charge in [0.1, 0.15) is 17.4 Å². The van der Waals surface area contributed by atoms with Crippen molar-refractivity contribution in [3.63, 3.8) is 0 Å². The van der Waals surface area contributed by atoms with Gasteiger partial charge in [-0.3, -0.25) is 9.91 Å². The predicted molar refractivity (Wildman–Crippen MR) is 126 cm³/mol. The molecule has 0 aliphatic carbocycles. The zero-order valence-electron chi connectivity index (χ0n) is 18.4. The molecule has 4 aromatic rings. The molecular weight excluding hydrogens is 438 g/mol. The van der Waals surface area contributed by atoms with E-state index < -0.39 is 10.0 Å². The van der Waals surface area contributed by atoms with Crippen molar-refractivity contribution >= 4 is 32.1 Å². The Morgan fingerprint density at radius 2 is 2.00 bits per heavy atom. The third-order valence-corrected chi connectivity index (χ3v) is 7.78. The van der Waals surface area contributed by atoms with Crippen LogP contribution in [-0.2, 0) is 15.8 Å². The van der Waals surface area contributed by atoms with Gasteiger partial charge in [0.15, 0.2) is 5.65 Å². The SMILES string of the molecule is CCC1CN(CCC#N)CN1n1cnc2cnc3c(ccn3S(=O)(=O)Cc3ccccc3)c21. The molecule has 1 saturated heterocycles. The van der Waals surface area contributed by atoms with Crippen molar-refractivity contribution in [1.29, 1.82) is 5.26 Å². The van der Waals surface area contributed by atoms with Crippen molar-refractivity contribution in [2.45, 2.75) is 31.6 Å². The monoisotopic (exact) mass is 463 g/mol. The van der Waals surface area contributed by atoms with Crippen molar-refractivity contribution in [3.8, 4) is 6.07 Å². The van der Waals surface area contributed by atoms with Gasteiger partial charge in [-0.15, -0.1) is 0 Å². The highest BCUT2D eigenvalue weighted by atomic mass is 32.2. The second-order valence-corrected chi connectivity index (χ2v) is 10.1. The van der Waals surface area contributed by atoms with Gasteiger partial charge in [0, 0.05) is 31.1 Å². The van der Waals surface area contributed by atoms with Gasteiger partial charge < -0.3 is 0 Å². The van der Waals surface area contributed by atoms with Gasteiger partial charge in [-0.25, -0.2) is 27.0 Å². The molecular formula is C23H25N7O2S. The number of fused-ring (bicyclic) bond motifs is 3. The Morgan fingerprint density at radius 1 is 1.18 bits per heavy atom. The van der Waals surface area contributed by atoms with Gasteiger partial charge in [-0.2, -0.15) is 5.26 Å². The number of rotatable bonds is 7. The lowest BCUT2D eigenvalue weighted by molar-refractivity contribution is 0.337. The first kappa shape index (κ1) is 21.4. The topological polar surface area (TPSA) is 100 Å². The molecule has 0 spiro atoms. The molecule has 1 aliphatic heterocycles. The summed E-state index contributed by atoms with van der Waals surface area (Å²) in [4.78, 5) is 11.3. The molecule has 9 nitrogen and oxygen atoms in total. The Morgan fingerprint density at radius 3 is 2.76 bits per heavy atom. The Bertz CT molecular complexity index is 1440. The van der Waals surface area contributed by atoms with Crippen molar-refractivity contribution in [2.75, 3.05) is 24.8 Å². The molecule has 1 atom stereocenters. The standard InChI is InChI=1S/C23H25N7O2S/c1-2-19-14-27(11-6-10-24)17-29(19)28-16-26-21-13-25-23-20(22(21)28)9-12-30(23)33(31,32)15-18-7-4-3-5-8-18/h3-5,7-9,12-13,16,19H,2,6,11,14-15,17H2,1H3. The van der Waals surface area contributed by atoms with Crippen molar-refractivity contribution < 1.29 is 8.42 Å². The van der Waals surface area contributed by atoms with Crippen LogP contribution in [0.25, 0.3) is 22.1 Å². The van der Waals surface area contributed by atoms with Gasteiger partial charge in [0.2, 0.25) is 10.0 Å². The van der Waals surface area contributed by atoms with Crippen LogP contribution in [0.3, 0.4) is 0 Å². The van der Waals surface area contributed by atoms with E-state index in [1.807, 2.05) is 22.9 Å². The highest BCUT2D eigenvalue weighted by molar-refractivity contribution is 7.89. The quantitative estimate of drug-likeness (QED) is 0.415. The lowest BCUT2D eigenvalue weighted by atomic mass is 10.2. The summed E-state index contributed by atoms with van der Waals surface area (Å²) in [6.07, 6.45) is 6.42. The van der Waals surface area contributed by atoms with E-state index in [-0.39, 0.29) is 11.8 Å². The Hall–Kier alpha value is -3.42. The van der Waals surface area contributed by atoms with Crippen molar-refractivity contribution in [1.82, 2.24) is 23.5 Å². The van der Waals surface area contributed by atoms with Crippen molar-refractivity contribution in [3.05, 3.63) is 60.7 Å². The fraction of sp³-hybridized carbons (Fsp3) is 0.348. The van der Waals surface area contributed by atoms with Crippen LogP contribution in [-0.4, -0.2) is 57.7 Å². The zero-order valence-corrected chi connectivity index (χ0v) is 19.2. The number of benzene rings is 1. The lowest BCUT2D eigenvalue weighted by Crippen LogP contribution is -2.39. The first-order valence-electron chi connectivity index (χ1n) is 11.0. The fourth-order valence-corrected chi connectivity index (χ4v) is 5.95. The molecule has 1 fully saturated rings. The highest BCUT2D eigenvalue weighted by Gasteiger charge is 2.31. The predicted octanol–water partition coefficient (Wildman–Crippen LogP) is 2.67. The second kappa shape index (κ2) is 8.50. The number of aromatic nitrogens is 4. The van der Waals surface area contributed by atoms with Crippen LogP contribution in [0.2, 0.25) is 0 Å². The number of nitrogens with zero attached hydrogens (tertiary/aromatic N) is 7. The summed E-state index contributed by atoms with van der Waals surface area (Å²) < 4.78 is 29.7. The largest absolute Gasteiger partial charge is 0.293 e. The summed E-state index contributed by atoms with van der Waals surface area (Å²) in [5.74, 6) is -0.103. The second-order valence-electron chi connectivity index (χ2n) is 8.30. The summed E-state index contributed by atoms with van der Waals surface area (Å²) >= 11 is 0. The van der Waals surface area contributed by atoms with Crippen LogP contribution in [0, 0.1) is 11.3 Å². The summed E-state index contributed by atoms with van der Waals surface area (Å²) in [5, 5.41) is 11.9. The number of hydrogen-bond donors (Lipinski definition) is 0. The molecule has 0 N–H and O–H groups in total. The van der Waals surface area contributed by atoms with Crippen LogP contribution in [0.15, 0.2) is 55.1 Å². The van der Waals surface area contributed by atoms with Gasteiger partial charge in [-0.1, -0.05) is 37.3 Å². The summed E-state index contributed by atoms with van der Waals surface area (Å²) in [6, 6.07) is 13.4. The Balaban J connectivity index is 1.56. The van der Waals surface area contributed by atoms with Gasteiger partial charge in [0.05, 0.1) is 30.7 Å². The first-order chi connectivity index (χ1) is 16.0. The van der Waals surface area contributed by atoms with E-state index in [4.69, 9.17) is 5.26 Å². The van der Waals surface area contributed by atoms with Crippen LogP contribution in [0.4, 0.5) is 0 Å². The molecule has 1 aromatic carbocycles. The molecule has 0 bridgehead atoms. The average molecular weight is 464 g/mol. The maximum atomic E-state index is 13.2. The maximum absolute atomic E-state index is 13.2. The van der Waals surface area contributed by atoms with Crippen molar-refractivity contribution in [2.24, 2.45) is 0 Å². The van der Waals surface area contributed by atoms with E-state index >= 15 is 0 Å². The van der Waals surface area contributed by atoms with Gasteiger partial charge in [0.25, 0.3) is 0 Å². The van der Waals surface area contributed by atoms with E-state index in [9.17, 15) is 8.42 Å². The number of nitriles is 1. The molecule has 33 heavy (non-hydrogen) atoms.